The van der Waals surface area contributed by atoms with E-state index < -0.39 is 17.3 Å². The number of hydrogen-bond acceptors (Lipinski definition) is 4. The molecule has 2 unspecified atom stereocenters. The van der Waals surface area contributed by atoms with Crippen molar-refractivity contribution in [2.45, 2.75) is 13.8 Å². The number of cyclic esters (lactones) is 2. The molecule has 0 spiro atoms. The van der Waals surface area contributed by atoms with Crippen molar-refractivity contribution >= 4 is 11.9 Å². The standard InChI is InChI=1S/C11H12O4/c1-11(2,7-3-5-14-9(7)12)8-4-6-15-10(8)13/h3-8H,1-2H3. The molecule has 0 N–H and O–H groups in total. The summed E-state index contributed by atoms with van der Waals surface area (Å²) in [5.41, 5.74) is -0.520. The summed E-state index contributed by atoms with van der Waals surface area (Å²) < 4.78 is 9.50. The minimum Gasteiger partial charge on any atom is -0.434 e. The van der Waals surface area contributed by atoms with E-state index in [9.17, 15) is 9.59 Å². The molecular formula is C11H12O4. The Morgan fingerprint density at radius 2 is 1.40 bits per heavy atom. The highest BCUT2D eigenvalue weighted by Crippen LogP contribution is 2.41. The second-order valence-electron chi connectivity index (χ2n) is 4.31. The molecule has 2 heterocycles. The molecule has 15 heavy (non-hydrogen) atoms. The quantitative estimate of drug-likeness (QED) is 0.643. The second kappa shape index (κ2) is 3.22. The molecule has 4 heteroatoms. The lowest BCUT2D eigenvalue weighted by Crippen LogP contribution is -2.37. The van der Waals surface area contributed by atoms with Crippen LogP contribution in [0.1, 0.15) is 13.8 Å². The Hall–Kier alpha value is -1.58. The topological polar surface area (TPSA) is 52.6 Å². The highest BCUT2D eigenvalue weighted by atomic mass is 16.5. The molecule has 2 aliphatic rings. The van der Waals surface area contributed by atoms with Crippen molar-refractivity contribution in [1.29, 1.82) is 0 Å². The van der Waals surface area contributed by atoms with Crippen molar-refractivity contribution in [2.75, 3.05) is 0 Å². The summed E-state index contributed by atoms with van der Waals surface area (Å²) >= 11 is 0. The van der Waals surface area contributed by atoms with E-state index in [0.717, 1.165) is 0 Å². The van der Waals surface area contributed by atoms with Gasteiger partial charge in [-0.1, -0.05) is 13.8 Å². The molecule has 0 fully saturated rings. The number of rotatable bonds is 2. The summed E-state index contributed by atoms with van der Waals surface area (Å²) in [4.78, 5) is 22.8. The number of esters is 2. The minimum absolute atomic E-state index is 0.312. The first-order valence-electron chi connectivity index (χ1n) is 4.78. The SMILES string of the molecule is CC(C)(C1C=COC1=O)C1C=COC1=O. The lowest BCUT2D eigenvalue weighted by atomic mass is 9.70. The number of hydrogen-bond donors (Lipinski definition) is 0. The van der Waals surface area contributed by atoms with Crippen LogP contribution >= 0.6 is 0 Å². The molecule has 0 amide bonds. The van der Waals surface area contributed by atoms with E-state index in [1.165, 1.54) is 12.5 Å². The van der Waals surface area contributed by atoms with Crippen LogP contribution in [0, 0.1) is 17.3 Å². The summed E-state index contributed by atoms with van der Waals surface area (Å²) in [6, 6.07) is 0. The van der Waals surface area contributed by atoms with Gasteiger partial charge in [-0.05, 0) is 17.6 Å². The molecule has 2 aliphatic heterocycles. The third-order valence-corrected chi connectivity index (χ3v) is 3.02. The van der Waals surface area contributed by atoms with Crippen LogP contribution in [0.3, 0.4) is 0 Å². The van der Waals surface area contributed by atoms with Gasteiger partial charge < -0.3 is 9.47 Å². The van der Waals surface area contributed by atoms with Crippen LogP contribution in [0.25, 0.3) is 0 Å². The zero-order valence-electron chi connectivity index (χ0n) is 8.60. The molecular weight excluding hydrogens is 196 g/mol. The summed E-state index contributed by atoms with van der Waals surface area (Å²) in [5.74, 6) is -1.41. The van der Waals surface area contributed by atoms with E-state index in [1.54, 1.807) is 12.2 Å². The molecule has 80 valence electrons. The third kappa shape index (κ3) is 1.46. The Bertz CT molecular complexity index is 331. The third-order valence-electron chi connectivity index (χ3n) is 3.02. The fourth-order valence-electron chi connectivity index (χ4n) is 1.97. The van der Waals surface area contributed by atoms with E-state index in [4.69, 9.17) is 9.47 Å². The first kappa shape index (κ1) is 9.96. The maximum atomic E-state index is 11.4. The van der Waals surface area contributed by atoms with Crippen molar-refractivity contribution in [2.24, 2.45) is 17.3 Å². The summed E-state index contributed by atoms with van der Waals surface area (Å²) in [6.07, 6.45) is 6.11. The van der Waals surface area contributed by atoms with Crippen molar-refractivity contribution in [3.8, 4) is 0 Å². The fraction of sp³-hybridized carbons (Fsp3) is 0.455. The predicted octanol–water partition coefficient (Wildman–Crippen LogP) is 1.39. The first-order chi connectivity index (χ1) is 7.03. The molecule has 0 bridgehead atoms. The monoisotopic (exact) mass is 208 g/mol. The van der Waals surface area contributed by atoms with Crippen LogP contribution in [0.5, 0.6) is 0 Å². The Balaban J connectivity index is 2.25. The van der Waals surface area contributed by atoms with Gasteiger partial charge in [0.1, 0.15) is 0 Å². The number of carbonyl (C=O) groups is 2. The van der Waals surface area contributed by atoms with Gasteiger partial charge in [-0.2, -0.15) is 0 Å². The lowest BCUT2D eigenvalue weighted by molar-refractivity contribution is -0.147. The predicted molar refractivity (Wildman–Crippen MR) is 51.2 cm³/mol. The van der Waals surface area contributed by atoms with E-state index in [2.05, 4.69) is 0 Å². The molecule has 4 nitrogen and oxygen atoms in total. The summed E-state index contributed by atoms with van der Waals surface area (Å²) in [7, 11) is 0. The molecule has 0 aromatic heterocycles. The molecule has 0 saturated carbocycles. The van der Waals surface area contributed by atoms with Crippen LogP contribution < -0.4 is 0 Å². The first-order valence-corrected chi connectivity index (χ1v) is 4.78. The van der Waals surface area contributed by atoms with Gasteiger partial charge in [-0.3, -0.25) is 9.59 Å². The summed E-state index contributed by atoms with van der Waals surface area (Å²) in [5, 5.41) is 0. The van der Waals surface area contributed by atoms with Gasteiger partial charge in [0.2, 0.25) is 0 Å². The average Bonchev–Trinajstić information content (AvgIpc) is 2.73. The van der Waals surface area contributed by atoms with Crippen molar-refractivity contribution in [3.05, 3.63) is 24.7 Å². The van der Waals surface area contributed by atoms with Gasteiger partial charge >= 0.3 is 11.9 Å². The maximum Gasteiger partial charge on any atom is 0.318 e. The molecule has 2 atom stereocenters. The highest BCUT2D eigenvalue weighted by Gasteiger charge is 2.46. The smallest absolute Gasteiger partial charge is 0.318 e. The molecule has 0 aromatic rings. The van der Waals surface area contributed by atoms with Crippen LogP contribution in [-0.2, 0) is 19.1 Å². The largest absolute Gasteiger partial charge is 0.434 e. The van der Waals surface area contributed by atoms with Gasteiger partial charge in [-0.25, -0.2) is 0 Å². The van der Waals surface area contributed by atoms with E-state index in [1.807, 2.05) is 13.8 Å². The van der Waals surface area contributed by atoms with Crippen LogP contribution in [0.2, 0.25) is 0 Å². The maximum absolute atomic E-state index is 11.4. The van der Waals surface area contributed by atoms with E-state index in [0.29, 0.717) is 0 Å². The Kier molecular flexibility index (Phi) is 2.14. The molecule has 0 saturated heterocycles. The fourth-order valence-corrected chi connectivity index (χ4v) is 1.97. The van der Waals surface area contributed by atoms with Crippen molar-refractivity contribution in [1.82, 2.24) is 0 Å². The number of ether oxygens (including phenoxy) is 2. The lowest BCUT2D eigenvalue weighted by Gasteiger charge is -2.31. The van der Waals surface area contributed by atoms with Gasteiger partial charge in [0.15, 0.2) is 0 Å². The van der Waals surface area contributed by atoms with Crippen molar-refractivity contribution in [3.63, 3.8) is 0 Å². The minimum atomic E-state index is -0.520. The van der Waals surface area contributed by atoms with Crippen LogP contribution in [0.4, 0.5) is 0 Å². The Morgan fingerprint density at radius 1 is 1.00 bits per heavy atom. The van der Waals surface area contributed by atoms with Crippen LogP contribution in [0.15, 0.2) is 24.7 Å². The zero-order chi connectivity index (χ0) is 11.1. The Morgan fingerprint density at radius 3 is 1.67 bits per heavy atom. The average molecular weight is 208 g/mol. The number of carbonyl (C=O) groups excluding carboxylic acids is 2. The molecule has 0 radical (unpaired) electrons. The van der Waals surface area contributed by atoms with Gasteiger partial charge in [0.25, 0.3) is 0 Å². The molecule has 2 rings (SSSR count). The van der Waals surface area contributed by atoms with E-state index >= 15 is 0 Å². The van der Waals surface area contributed by atoms with Crippen LogP contribution in [-0.4, -0.2) is 11.9 Å². The van der Waals surface area contributed by atoms with Gasteiger partial charge in [0, 0.05) is 0 Å². The van der Waals surface area contributed by atoms with Gasteiger partial charge in [0.05, 0.1) is 24.4 Å². The highest BCUT2D eigenvalue weighted by molar-refractivity contribution is 5.82. The second-order valence-corrected chi connectivity index (χ2v) is 4.31. The van der Waals surface area contributed by atoms with Crippen molar-refractivity contribution < 1.29 is 19.1 Å². The zero-order valence-corrected chi connectivity index (χ0v) is 8.60. The molecule has 0 aliphatic carbocycles. The van der Waals surface area contributed by atoms with E-state index in [-0.39, 0.29) is 11.9 Å². The Labute approximate surface area is 87.5 Å². The summed E-state index contributed by atoms with van der Waals surface area (Å²) in [6.45, 7) is 3.71. The normalized spacial score (nSPS) is 29.5. The van der Waals surface area contributed by atoms with Gasteiger partial charge in [-0.15, -0.1) is 0 Å². The molecule has 0 aromatic carbocycles.